The van der Waals surface area contributed by atoms with Crippen LogP contribution in [0.2, 0.25) is 5.15 Å². The summed E-state index contributed by atoms with van der Waals surface area (Å²) in [5, 5.41) is 16.1. The maximum absolute atomic E-state index is 10.9. The van der Waals surface area contributed by atoms with E-state index in [4.69, 9.17) is 11.6 Å². The van der Waals surface area contributed by atoms with Crippen molar-refractivity contribution in [2.24, 2.45) is 7.05 Å². The summed E-state index contributed by atoms with van der Waals surface area (Å²) in [4.78, 5) is 2.26. The second-order valence-electron chi connectivity index (χ2n) is 6.05. The van der Waals surface area contributed by atoms with Gasteiger partial charge in [0.2, 0.25) is 0 Å². The molecule has 1 N–H and O–H groups in total. The predicted octanol–water partition coefficient (Wildman–Crippen LogP) is 2.73. The molecule has 1 aliphatic rings. The van der Waals surface area contributed by atoms with Gasteiger partial charge in [0.25, 0.3) is 0 Å². The Morgan fingerprint density at radius 3 is 2.73 bits per heavy atom. The molecule has 1 atom stereocenters. The molecule has 1 aromatic heterocycles. The molecular formula is C17H22ClN3O. The number of halogens is 1. The van der Waals surface area contributed by atoms with Crippen LogP contribution in [0.3, 0.4) is 0 Å². The first-order valence-electron chi connectivity index (χ1n) is 7.74. The molecular weight excluding hydrogens is 298 g/mol. The lowest BCUT2D eigenvalue weighted by Gasteiger charge is -2.24. The highest BCUT2D eigenvalue weighted by molar-refractivity contribution is 6.30. The number of benzene rings is 1. The SMILES string of the molecule is CCc1nn(C)c(Cl)c1CN1CC[C@](O)(c2ccccc2)C1. The van der Waals surface area contributed by atoms with E-state index in [2.05, 4.69) is 16.9 Å². The van der Waals surface area contributed by atoms with Crippen molar-refractivity contribution in [3.8, 4) is 0 Å². The number of nitrogens with zero attached hydrogens (tertiary/aromatic N) is 3. The Balaban J connectivity index is 1.77. The van der Waals surface area contributed by atoms with Crippen molar-refractivity contribution in [1.29, 1.82) is 0 Å². The lowest BCUT2D eigenvalue weighted by Crippen LogP contribution is -2.30. The second-order valence-corrected chi connectivity index (χ2v) is 6.41. The van der Waals surface area contributed by atoms with E-state index in [0.29, 0.717) is 11.7 Å². The van der Waals surface area contributed by atoms with E-state index in [0.717, 1.165) is 42.8 Å². The molecule has 22 heavy (non-hydrogen) atoms. The molecule has 0 bridgehead atoms. The van der Waals surface area contributed by atoms with Crippen molar-refractivity contribution in [1.82, 2.24) is 14.7 Å². The molecule has 4 nitrogen and oxygen atoms in total. The van der Waals surface area contributed by atoms with Crippen molar-refractivity contribution < 1.29 is 5.11 Å². The summed E-state index contributed by atoms with van der Waals surface area (Å²) in [7, 11) is 1.87. The van der Waals surface area contributed by atoms with Gasteiger partial charge in [-0.15, -0.1) is 0 Å². The van der Waals surface area contributed by atoms with Crippen molar-refractivity contribution in [2.45, 2.75) is 31.9 Å². The van der Waals surface area contributed by atoms with Gasteiger partial charge in [-0.2, -0.15) is 5.10 Å². The molecule has 2 heterocycles. The number of β-amino-alcohol motifs (C(OH)–C–C–N with tert-alkyl or cyclic N) is 1. The minimum atomic E-state index is -0.762. The van der Waals surface area contributed by atoms with Crippen LogP contribution < -0.4 is 0 Å². The van der Waals surface area contributed by atoms with E-state index < -0.39 is 5.60 Å². The van der Waals surface area contributed by atoms with E-state index in [-0.39, 0.29) is 0 Å². The van der Waals surface area contributed by atoms with E-state index in [1.165, 1.54) is 0 Å². The maximum atomic E-state index is 10.9. The van der Waals surface area contributed by atoms with Gasteiger partial charge in [0.05, 0.1) is 5.69 Å². The van der Waals surface area contributed by atoms with Crippen LogP contribution >= 0.6 is 11.6 Å². The highest BCUT2D eigenvalue weighted by Crippen LogP contribution is 2.33. The largest absolute Gasteiger partial charge is 0.384 e. The summed E-state index contributed by atoms with van der Waals surface area (Å²) in [6.07, 6.45) is 1.61. The molecule has 1 fully saturated rings. The van der Waals surface area contributed by atoms with Crippen LogP contribution in [0.25, 0.3) is 0 Å². The Labute approximate surface area is 136 Å². The molecule has 0 saturated carbocycles. The highest BCUT2D eigenvalue weighted by atomic mass is 35.5. The third-order valence-corrected chi connectivity index (χ3v) is 4.98. The lowest BCUT2D eigenvalue weighted by atomic mass is 9.93. The maximum Gasteiger partial charge on any atom is 0.131 e. The van der Waals surface area contributed by atoms with E-state index in [1.807, 2.05) is 37.4 Å². The van der Waals surface area contributed by atoms with Gasteiger partial charge >= 0.3 is 0 Å². The van der Waals surface area contributed by atoms with Crippen LogP contribution in [0.5, 0.6) is 0 Å². The summed E-state index contributed by atoms with van der Waals surface area (Å²) < 4.78 is 1.73. The van der Waals surface area contributed by atoms with Crippen LogP contribution in [0, 0.1) is 0 Å². The zero-order valence-electron chi connectivity index (χ0n) is 13.1. The standard InChI is InChI=1S/C17H22ClN3O/c1-3-15-14(16(18)20(2)19-15)11-21-10-9-17(22,12-21)13-7-5-4-6-8-13/h4-8,22H,3,9-12H2,1-2H3/t17-/m1/s1. The fourth-order valence-corrected chi connectivity index (χ4v) is 3.46. The molecule has 0 amide bonds. The Kier molecular flexibility index (Phi) is 4.26. The van der Waals surface area contributed by atoms with Gasteiger partial charge < -0.3 is 5.11 Å². The van der Waals surface area contributed by atoms with Gasteiger partial charge in [-0.3, -0.25) is 9.58 Å². The Hall–Kier alpha value is -1.36. The topological polar surface area (TPSA) is 41.3 Å². The first-order chi connectivity index (χ1) is 10.5. The van der Waals surface area contributed by atoms with Crippen LogP contribution in [-0.2, 0) is 25.6 Å². The first kappa shape index (κ1) is 15.5. The van der Waals surface area contributed by atoms with Crippen molar-refractivity contribution in [3.05, 3.63) is 52.3 Å². The highest BCUT2D eigenvalue weighted by Gasteiger charge is 2.37. The Bertz CT molecular complexity index is 655. The number of hydrogen-bond acceptors (Lipinski definition) is 3. The van der Waals surface area contributed by atoms with E-state index in [1.54, 1.807) is 4.68 Å². The number of hydrogen-bond donors (Lipinski definition) is 1. The molecule has 3 rings (SSSR count). The average molecular weight is 320 g/mol. The van der Waals surface area contributed by atoms with Gasteiger partial charge in [-0.25, -0.2) is 0 Å². The van der Waals surface area contributed by atoms with Crippen LogP contribution in [-0.4, -0.2) is 32.9 Å². The number of aryl methyl sites for hydroxylation is 2. The normalized spacial score (nSPS) is 22.4. The van der Waals surface area contributed by atoms with E-state index >= 15 is 0 Å². The van der Waals surface area contributed by atoms with Crippen LogP contribution in [0.15, 0.2) is 30.3 Å². The number of likely N-dealkylation sites (tertiary alicyclic amines) is 1. The molecule has 0 spiro atoms. The monoisotopic (exact) mass is 319 g/mol. The minimum absolute atomic E-state index is 0.630. The van der Waals surface area contributed by atoms with Crippen molar-refractivity contribution in [2.75, 3.05) is 13.1 Å². The summed E-state index contributed by atoms with van der Waals surface area (Å²) in [6.45, 7) is 4.32. The van der Waals surface area contributed by atoms with Crippen molar-refractivity contribution in [3.63, 3.8) is 0 Å². The molecule has 1 saturated heterocycles. The van der Waals surface area contributed by atoms with Gasteiger partial charge in [-0.1, -0.05) is 48.9 Å². The minimum Gasteiger partial charge on any atom is -0.384 e. The van der Waals surface area contributed by atoms with Gasteiger partial charge in [0.15, 0.2) is 0 Å². The average Bonchev–Trinajstić information content (AvgIpc) is 3.04. The molecule has 1 aliphatic heterocycles. The Morgan fingerprint density at radius 2 is 2.05 bits per heavy atom. The molecule has 118 valence electrons. The molecule has 0 aliphatic carbocycles. The fraction of sp³-hybridized carbons (Fsp3) is 0.471. The molecule has 2 aromatic rings. The smallest absolute Gasteiger partial charge is 0.131 e. The van der Waals surface area contributed by atoms with Gasteiger partial charge in [0, 0.05) is 32.2 Å². The number of rotatable bonds is 4. The third-order valence-electron chi connectivity index (χ3n) is 4.51. The summed E-state index contributed by atoms with van der Waals surface area (Å²) in [5.41, 5.74) is 2.36. The summed E-state index contributed by atoms with van der Waals surface area (Å²) in [5.74, 6) is 0. The zero-order chi connectivity index (χ0) is 15.7. The van der Waals surface area contributed by atoms with Gasteiger partial charge in [-0.05, 0) is 18.4 Å². The molecule has 0 unspecified atom stereocenters. The molecule has 5 heteroatoms. The molecule has 0 radical (unpaired) electrons. The summed E-state index contributed by atoms with van der Waals surface area (Å²) in [6, 6.07) is 9.92. The zero-order valence-corrected chi connectivity index (χ0v) is 13.8. The third kappa shape index (κ3) is 2.78. The second kappa shape index (κ2) is 6.03. The number of aromatic nitrogens is 2. The van der Waals surface area contributed by atoms with E-state index in [9.17, 15) is 5.11 Å². The fourth-order valence-electron chi connectivity index (χ4n) is 3.25. The van der Waals surface area contributed by atoms with Crippen LogP contribution in [0.4, 0.5) is 0 Å². The Morgan fingerprint density at radius 1 is 1.32 bits per heavy atom. The summed E-state index contributed by atoms with van der Waals surface area (Å²) >= 11 is 6.37. The number of aliphatic hydroxyl groups is 1. The van der Waals surface area contributed by atoms with Crippen LogP contribution in [0.1, 0.15) is 30.2 Å². The lowest BCUT2D eigenvalue weighted by molar-refractivity contribution is 0.0452. The van der Waals surface area contributed by atoms with Crippen molar-refractivity contribution >= 4 is 11.6 Å². The quantitative estimate of drug-likeness (QED) is 0.942. The first-order valence-corrected chi connectivity index (χ1v) is 8.12. The molecule has 1 aromatic carbocycles. The predicted molar refractivity (Wildman–Crippen MR) is 87.8 cm³/mol. The van der Waals surface area contributed by atoms with Gasteiger partial charge in [0.1, 0.15) is 10.8 Å².